The second-order valence-electron chi connectivity index (χ2n) is 5.02. The van der Waals surface area contributed by atoms with Gasteiger partial charge in [0.25, 0.3) is 0 Å². The molecule has 0 radical (unpaired) electrons. The van der Waals surface area contributed by atoms with Gasteiger partial charge >= 0.3 is 0 Å². The standard InChI is InChI=1S/C17H20N2.CH5N/c1-12(2)19-17(18)16-7-5-4-6-15(16)14-10-8-13(3)9-11-14;1-2/h4-12H,1-3H3,(H2,18,19);2H2,1H3. The maximum atomic E-state index is 6.11. The minimum absolute atomic E-state index is 0.200. The van der Waals surface area contributed by atoms with E-state index in [9.17, 15) is 0 Å². The van der Waals surface area contributed by atoms with E-state index in [4.69, 9.17) is 5.73 Å². The van der Waals surface area contributed by atoms with Crippen LogP contribution in [-0.2, 0) is 0 Å². The van der Waals surface area contributed by atoms with Crippen LogP contribution in [0.1, 0.15) is 25.0 Å². The Labute approximate surface area is 127 Å². The molecule has 0 amide bonds. The molecule has 0 heterocycles. The average Bonchev–Trinajstić information content (AvgIpc) is 2.49. The Kier molecular flexibility index (Phi) is 6.63. The molecule has 0 aliphatic heterocycles. The summed E-state index contributed by atoms with van der Waals surface area (Å²) < 4.78 is 0. The highest BCUT2D eigenvalue weighted by Gasteiger charge is 2.08. The molecule has 4 N–H and O–H groups in total. The molecule has 3 heteroatoms. The van der Waals surface area contributed by atoms with Gasteiger partial charge in [-0.15, -0.1) is 0 Å². The van der Waals surface area contributed by atoms with Crippen molar-refractivity contribution >= 4 is 5.84 Å². The second kappa shape index (κ2) is 8.22. The predicted molar refractivity (Wildman–Crippen MR) is 92.6 cm³/mol. The van der Waals surface area contributed by atoms with E-state index in [0.717, 1.165) is 11.1 Å². The van der Waals surface area contributed by atoms with Crippen LogP contribution in [0.4, 0.5) is 0 Å². The van der Waals surface area contributed by atoms with Gasteiger partial charge in [0.05, 0.1) is 0 Å². The van der Waals surface area contributed by atoms with E-state index in [1.54, 1.807) is 0 Å². The third-order valence-corrected chi connectivity index (χ3v) is 2.96. The Morgan fingerprint density at radius 2 is 1.52 bits per heavy atom. The summed E-state index contributed by atoms with van der Waals surface area (Å²) in [5, 5.41) is 0. The molecule has 0 spiro atoms. The van der Waals surface area contributed by atoms with Crippen molar-refractivity contribution < 1.29 is 0 Å². The fourth-order valence-electron chi connectivity index (χ4n) is 2.04. The van der Waals surface area contributed by atoms with Crippen LogP contribution in [-0.4, -0.2) is 18.9 Å². The molecule has 0 fully saturated rings. The van der Waals surface area contributed by atoms with Gasteiger partial charge in [-0.2, -0.15) is 0 Å². The predicted octanol–water partition coefficient (Wildman–Crippen LogP) is 3.35. The van der Waals surface area contributed by atoms with Crippen molar-refractivity contribution in [3.05, 3.63) is 59.7 Å². The van der Waals surface area contributed by atoms with Crippen molar-refractivity contribution in [2.24, 2.45) is 16.5 Å². The molecule has 0 aliphatic rings. The summed E-state index contributed by atoms with van der Waals surface area (Å²) in [7, 11) is 1.50. The molecular formula is C18H25N3. The number of aryl methyl sites for hydroxylation is 1. The lowest BCUT2D eigenvalue weighted by atomic mass is 9.98. The molecule has 21 heavy (non-hydrogen) atoms. The van der Waals surface area contributed by atoms with E-state index >= 15 is 0 Å². The smallest absolute Gasteiger partial charge is 0.126 e. The number of nitrogens with zero attached hydrogens (tertiary/aromatic N) is 1. The van der Waals surface area contributed by atoms with Crippen molar-refractivity contribution in [1.29, 1.82) is 0 Å². The first-order chi connectivity index (χ1) is 10.1. The maximum Gasteiger partial charge on any atom is 0.126 e. The van der Waals surface area contributed by atoms with E-state index in [0.29, 0.717) is 5.84 Å². The highest BCUT2D eigenvalue weighted by Crippen LogP contribution is 2.24. The van der Waals surface area contributed by atoms with Crippen molar-refractivity contribution in [1.82, 2.24) is 0 Å². The molecule has 112 valence electrons. The average molecular weight is 283 g/mol. The van der Waals surface area contributed by atoms with E-state index in [2.05, 4.69) is 48.0 Å². The number of hydrogen-bond acceptors (Lipinski definition) is 2. The molecule has 0 unspecified atom stereocenters. The number of hydrogen-bond donors (Lipinski definition) is 2. The molecule has 3 nitrogen and oxygen atoms in total. The van der Waals surface area contributed by atoms with Crippen molar-refractivity contribution in [3.8, 4) is 11.1 Å². The zero-order chi connectivity index (χ0) is 15.8. The SMILES string of the molecule is CN.Cc1ccc(-c2ccccc2C(N)=NC(C)C)cc1. The molecule has 0 saturated carbocycles. The van der Waals surface area contributed by atoms with Gasteiger partial charge in [0, 0.05) is 11.6 Å². The maximum absolute atomic E-state index is 6.11. The van der Waals surface area contributed by atoms with Crippen LogP contribution in [0.5, 0.6) is 0 Å². The first-order valence-electron chi connectivity index (χ1n) is 7.15. The van der Waals surface area contributed by atoms with E-state index in [-0.39, 0.29) is 6.04 Å². The summed E-state index contributed by atoms with van der Waals surface area (Å²) >= 11 is 0. The van der Waals surface area contributed by atoms with Gasteiger partial charge < -0.3 is 11.5 Å². The van der Waals surface area contributed by atoms with Gasteiger partial charge in [-0.1, -0.05) is 54.1 Å². The Balaban J connectivity index is 0.00000106. The summed E-state index contributed by atoms with van der Waals surface area (Å²) in [6.07, 6.45) is 0. The Morgan fingerprint density at radius 1 is 0.952 bits per heavy atom. The first-order valence-corrected chi connectivity index (χ1v) is 7.15. The topological polar surface area (TPSA) is 64.4 Å². The Hall–Kier alpha value is -2.13. The lowest BCUT2D eigenvalue weighted by Gasteiger charge is -2.10. The number of benzene rings is 2. The molecular weight excluding hydrogens is 258 g/mol. The number of aliphatic imine (C=N–C) groups is 1. The van der Waals surface area contributed by atoms with E-state index < -0.39 is 0 Å². The van der Waals surface area contributed by atoms with Gasteiger partial charge in [0.15, 0.2) is 0 Å². The third-order valence-electron chi connectivity index (χ3n) is 2.96. The van der Waals surface area contributed by atoms with Crippen LogP contribution in [0.2, 0.25) is 0 Å². The van der Waals surface area contributed by atoms with Crippen molar-refractivity contribution in [2.45, 2.75) is 26.8 Å². The molecule has 2 aromatic carbocycles. The van der Waals surface area contributed by atoms with Crippen molar-refractivity contribution in [2.75, 3.05) is 7.05 Å². The summed E-state index contributed by atoms with van der Waals surface area (Å²) in [6.45, 7) is 6.15. The summed E-state index contributed by atoms with van der Waals surface area (Å²) in [4.78, 5) is 4.45. The van der Waals surface area contributed by atoms with Gasteiger partial charge in [-0.3, -0.25) is 4.99 Å². The van der Waals surface area contributed by atoms with Gasteiger partial charge in [0.2, 0.25) is 0 Å². The minimum Gasteiger partial charge on any atom is -0.383 e. The van der Waals surface area contributed by atoms with Crippen LogP contribution in [0.15, 0.2) is 53.5 Å². The second-order valence-corrected chi connectivity index (χ2v) is 5.02. The third kappa shape index (κ3) is 4.72. The first kappa shape index (κ1) is 16.9. The monoisotopic (exact) mass is 283 g/mol. The molecule has 0 bridgehead atoms. The summed E-state index contributed by atoms with van der Waals surface area (Å²) in [5.41, 5.74) is 15.2. The van der Waals surface area contributed by atoms with E-state index in [1.807, 2.05) is 32.0 Å². The molecule has 2 rings (SSSR count). The van der Waals surface area contributed by atoms with Gasteiger partial charge in [-0.05, 0) is 38.9 Å². The fraction of sp³-hybridized carbons (Fsp3) is 0.278. The molecule has 0 atom stereocenters. The molecule has 0 saturated heterocycles. The van der Waals surface area contributed by atoms with Gasteiger partial charge in [0.1, 0.15) is 5.84 Å². The normalized spacial score (nSPS) is 11.0. The molecule has 0 aliphatic carbocycles. The van der Waals surface area contributed by atoms with Crippen LogP contribution >= 0.6 is 0 Å². The zero-order valence-electron chi connectivity index (χ0n) is 13.3. The lowest BCUT2D eigenvalue weighted by molar-refractivity contribution is 0.834. The summed E-state index contributed by atoms with van der Waals surface area (Å²) in [5.74, 6) is 0.603. The number of nitrogens with two attached hydrogens (primary N) is 2. The van der Waals surface area contributed by atoms with Gasteiger partial charge in [-0.25, -0.2) is 0 Å². The highest BCUT2D eigenvalue weighted by molar-refractivity contribution is 6.03. The van der Waals surface area contributed by atoms with Crippen LogP contribution in [0.25, 0.3) is 11.1 Å². The van der Waals surface area contributed by atoms with Crippen LogP contribution < -0.4 is 11.5 Å². The van der Waals surface area contributed by atoms with Crippen LogP contribution in [0, 0.1) is 6.92 Å². The minimum atomic E-state index is 0.200. The Bertz CT molecular complexity index is 584. The number of amidine groups is 1. The zero-order valence-corrected chi connectivity index (χ0v) is 13.3. The fourth-order valence-corrected chi connectivity index (χ4v) is 2.04. The Morgan fingerprint density at radius 3 is 2.10 bits per heavy atom. The largest absolute Gasteiger partial charge is 0.383 e. The quantitative estimate of drug-likeness (QED) is 0.670. The van der Waals surface area contributed by atoms with Crippen molar-refractivity contribution in [3.63, 3.8) is 0 Å². The molecule has 2 aromatic rings. The summed E-state index contributed by atoms with van der Waals surface area (Å²) in [6, 6.07) is 16.8. The molecule has 0 aromatic heterocycles. The number of rotatable bonds is 3. The lowest BCUT2D eigenvalue weighted by Crippen LogP contribution is -2.16. The highest BCUT2D eigenvalue weighted by atomic mass is 14.9. The van der Waals surface area contributed by atoms with E-state index in [1.165, 1.54) is 18.2 Å². The van der Waals surface area contributed by atoms with Crippen LogP contribution in [0.3, 0.4) is 0 Å².